The van der Waals surface area contributed by atoms with Crippen molar-refractivity contribution in [3.63, 3.8) is 0 Å². The first kappa shape index (κ1) is 13.3. The average Bonchev–Trinajstić information content (AvgIpc) is 2.54. The summed E-state index contributed by atoms with van der Waals surface area (Å²) < 4.78 is 5.49. The Morgan fingerprint density at radius 2 is 1.71 bits per heavy atom. The van der Waals surface area contributed by atoms with Gasteiger partial charge >= 0.3 is 0 Å². The summed E-state index contributed by atoms with van der Waals surface area (Å²) in [6.45, 7) is 0.0840. The highest BCUT2D eigenvalue weighted by Gasteiger charge is 2.08. The van der Waals surface area contributed by atoms with Gasteiger partial charge in [-0.2, -0.15) is 0 Å². The van der Waals surface area contributed by atoms with Crippen LogP contribution in [0.5, 0.6) is 5.75 Å². The van der Waals surface area contributed by atoms with Crippen molar-refractivity contribution in [2.45, 2.75) is 6.42 Å². The van der Waals surface area contributed by atoms with Crippen LogP contribution < -0.4 is 4.74 Å². The maximum Gasteiger partial charge on any atom is 0.174 e. The Morgan fingerprint density at radius 3 is 2.57 bits per heavy atom. The monoisotopic (exact) mass is 277 g/mol. The zero-order valence-electron chi connectivity index (χ0n) is 11.5. The normalized spacial score (nSPS) is 10.5. The number of para-hydroxylation sites is 2. The van der Waals surface area contributed by atoms with E-state index >= 15 is 0 Å². The summed E-state index contributed by atoms with van der Waals surface area (Å²) in [6, 6.07) is 19.1. The van der Waals surface area contributed by atoms with Crippen molar-refractivity contribution in [1.82, 2.24) is 4.98 Å². The van der Waals surface area contributed by atoms with Crippen LogP contribution in [0.4, 0.5) is 0 Å². The smallest absolute Gasteiger partial charge is 0.174 e. The molecular formula is C18H15NO2. The second-order valence-electron chi connectivity index (χ2n) is 4.80. The number of rotatable bonds is 5. The molecule has 1 heterocycles. The Labute approximate surface area is 123 Å². The minimum Gasteiger partial charge on any atom is -0.486 e. The molecule has 3 nitrogen and oxygen atoms in total. The van der Waals surface area contributed by atoms with Gasteiger partial charge in [0.15, 0.2) is 5.78 Å². The van der Waals surface area contributed by atoms with Crippen molar-refractivity contribution >= 4 is 16.7 Å². The van der Waals surface area contributed by atoms with Crippen LogP contribution in [0.15, 0.2) is 66.9 Å². The molecule has 0 bridgehead atoms. The lowest BCUT2D eigenvalue weighted by molar-refractivity contribution is -0.120. The molecular weight excluding hydrogens is 262 g/mol. The molecule has 3 rings (SSSR count). The first-order valence-electron chi connectivity index (χ1n) is 6.85. The fraction of sp³-hybridized carbons (Fsp3) is 0.111. The van der Waals surface area contributed by atoms with E-state index in [0.29, 0.717) is 12.2 Å². The molecule has 3 heteroatoms. The van der Waals surface area contributed by atoms with Gasteiger partial charge in [-0.3, -0.25) is 9.78 Å². The van der Waals surface area contributed by atoms with Crippen LogP contribution in [0.3, 0.4) is 0 Å². The molecule has 0 aliphatic rings. The lowest BCUT2D eigenvalue weighted by atomic mass is 10.0. The van der Waals surface area contributed by atoms with E-state index in [1.165, 1.54) is 0 Å². The fourth-order valence-corrected chi connectivity index (χ4v) is 2.25. The van der Waals surface area contributed by atoms with Crippen molar-refractivity contribution in [1.29, 1.82) is 0 Å². The Hall–Kier alpha value is -2.68. The average molecular weight is 277 g/mol. The second kappa shape index (κ2) is 6.18. The van der Waals surface area contributed by atoms with E-state index in [1.807, 2.05) is 60.7 Å². The van der Waals surface area contributed by atoms with Crippen LogP contribution in [0.25, 0.3) is 10.9 Å². The number of ketones is 1. The number of fused-ring (bicyclic) bond motifs is 1. The van der Waals surface area contributed by atoms with E-state index in [4.69, 9.17) is 4.74 Å². The van der Waals surface area contributed by atoms with Gasteiger partial charge in [0.25, 0.3) is 0 Å². The van der Waals surface area contributed by atoms with Gasteiger partial charge in [0.05, 0.1) is 5.52 Å². The molecule has 3 aromatic rings. The number of nitrogens with zero attached hydrogens (tertiary/aromatic N) is 1. The Balaban J connectivity index is 1.69. The van der Waals surface area contributed by atoms with Crippen molar-refractivity contribution in [2.24, 2.45) is 0 Å². The second-order valence-corrected chi connectivity index (χ2v) is 4.80. The number of carbonyl (C=O) groups is 1. The molecule has 0 N–H and O–H groups in total. The summed E-state index contributed by atoms with van der Waals surface area (Å²) in [5.74, 6) is 0.764. The lowest BCUT2D eigenvalue weighted by Crippen LogP contribution is -2.14. The summed E-state index contributed by atoms with van der Waals surface area (Å²) in [4.78, 5) is 16.4. The van der Waals surface area contributed by atoms with Crippen LogP contribution >= 0.6 is 0 Å². The molecule has 1 aromatic heterocycles. The summed E-state index contributed by atoms with van der Waals surface area (Å²) in [7, 11) is 0. The first-order valence-corrected chi connectivity index (χ1v) is 6.85. The standard InChI is InChI=1S/C18H15NO2/c20-15(13-21-16-6-2-1-3-7-16)12-14-10-11-19-18-9-5-4-8-17(14)18/h1-11H,12-13H2. The van der Waals surface area contributed by atoms with Gasteiger partial charge in [-0.15, -0.1) is 0 Å². The topological polar surface area (TPSA) is 39.2 Å². The summed E-state index contributed by atoms with van der Waals surface area (Å²) in [5, 5.41) is 1.02. The number of benzene rings is 2. The van der Waals surface area contributed by atoms with Crippen LogP contribution in [-0.2, 0) is 11.2 Å². The number of pyridine rings is 1. The number of carbonyl (C=O) groups excluding carboxylic acids is 1. The van der Waals surface area contributed by atoms with Gasteiger partial charge in [-0.1, -0.05) is 36.4 Å². The highest BCUT2D eigenvalue weighted by atomic mass is 16.5. The van der Waals surface area contributed by atoms with Gasteiger partial charge in [0.1, 0.15) is 12.4 Å². The third kappa shape index (κ3) is 3.26. The highest BCUT2D eigenvalue weighted by molar-refractivity contribution is 5.89. The third-order valence-electron chi connectivity index (χ3n) is 3.27. The predicted octanol–water partition coefficient (Wildman–Crippen LogP) is 3.43. The van der Waals surface area contributed by atoms with Crippen LogP contribution in [0.1, 0.15) is 5.56 Å². The molecule has 0 aliphatic carbocycles. The summed E-state index contributed by atoms with van der Waals surface area (Å²) >= 11 is 0. The molecule has 104 valence electrons. The molecule has 0 unspecified atom stereocenters. The SMILES string of the molecule is O=C(COc1ccccc1)Cc1ccnc2ccccc12. The van der Waals surface area contributed by atoms with E-state index in [2.05, 4.69) is 4.98 Å². The molecule has 0 spiro atoms. The van der Waals surface area contributed by atoms with E-state index in [-0.39, 0.29) is 12.4 Å². The Kier molecular flexibility index (Phi) is 3.92. The number of aromatic nitrogens is 1. The third-order valence-corrected chi connectivity index (χ3v) is 3.27. The van der Waals surface area contributed by atoms with Gasteiger partial charge in [0.2, 0.25) is 0 Å². The van der Waals surface area contributed by atoms with Gasteiger partial charge < -0.3 is 4.74 Å². The Bertz CT molecular complexity index is 748. The molecule has 0 fully saturated rings. The fourth-order valence-electron chi connectivity index (χ4n) is 2.25. The molecule has 0 amide bonds. The zero-order chi connectivity index (χ0) is 14.5. The molecule has 0 atom stereocenters. The van der Waals surface area contributed by atoms with E-state index in [9.17, 15) is 4.79 Å². The van der Waals surface area contributed by atoms with Crippen molar-refractivity contribution in [2.75, 3.05) is 6.61 Å². The lowest BCUT2D eigenvalue weighted by Gasteiger charge is -2.07. The molecule has 0 aliphatic heterocycles. The minimum atomic E-state index is 0.0511. The maximum absolute atomic E-state index is 12.1. The largest absolute Gasteiger partial charge is 0.486 e. The highest BCUT2D eigenvalue weighted by Crippen LogP contribution is 2.17. The van der Waals surface area contributed by atoms with Gasteiger partial charge in [-0.25, -0.2) is 0 Å². The minimum absolute atomic E-state index is 0.0511. The van der Waals surface area contributed by atoms with Crippen LogP contribution in [0.2, 0.25) is 0 Å². The van der Waals surface area contributed by atoms with Crippen molar-refractivity contribution in [3.05, 3.63) is 72.4 Å². The molecule has 21 heavy (non-hydrogen) atoms. The Morgan fingerprint density at radius 1 is 0.952 bits per heavy atom. The van der Waals surface area contributed by atoms with Crippen molar-refractivity contribution < 1.29 is 9.53 Å². The molecule has 0 saturated carbocycles. The molecule has 0 radical (unpaired) electrons. The van der Waals surface area contributed by atoms with Gasteiger partial charge in [-0.05, 0) is 29.8 Å². The van der Waals surface area contributed by atoms with Crippen LogP contribution in [-0.4, -0.2) is 17.4 Å². The van der Waals surface area contributed by atoms with Gasteiger partial charge in [0, 0.05) is 18.0 Å². The summed E-state index contributed by atoms with van der Waals surface area (Å²) in [5.41, 5.74) is 1.90. The van der Waals surface area contributed by atoms with E-state index in [0.717, 1.165) is 16.5 Å². The number of ether oxygens (including phenoxy) is 1. The van der Waals surface area contributed by atoms with Crippen LogP contribution in [0, 0.1) is 0 Å². The van der Waals surface area contributed by atoms with Crippen molar-refractivity contribution in [3.8, 4) is 5.75 Å². The molecule has 2 aromatic carbocycles. The maximum atomic E-state index is 12.1. The number of Topliss-reactive ketones (excluding diaryl/α,β-unsaturated/α-hetero) is 1. The zero-order valence-corrected chi connectivity index (χ0v) is 11.5. The quantitative estimate of drug-likeness (QED) is 0.717. The number of hydrogen-bond donors (Lipinski definition) is 0. The predicted molar refractivity (Wildman–Crippen MR) is 82.4 cm³/mol. The molecule has 0 saturated heterocycles. The summed E-state index contributed by atoms with van der Waals surface area (Å²) in [6.07, 6.45) is 2.10. The van der Waals surface area contributed by atoms with E-state index < -0.39 is 0 Å². The number of hydrogen-bond acceptors (Lipinski definition) is 3. The van der Waals surface area contributed by atoms with E-state index in [1.54, 1.807) is 6.20 Å². The first-order chi connectivity index (χ1) is 10.3.